The molecule has 0 unspecified atom stereocenters. The molecule has 2 aromatic rings. The molecule has 0 aliphatic rings. The monoisotopic (exact) mass is 295 g/mol. The molecule has 0 spiro atoms. The number of aromatic nitrogens is 2. The predicted octanol–water partition coefficient (Wildman–Crippen LogP) is 0.969. The summed E-state index contributed by atoms with van der Waals surface area (Å²) in [5.74, 6) is 0.396. The molecular formula is C12H13N3O4S. The van der Waals surface area contributed by atoms with Crippen LogP contribution >= 0.6 is 0 Å². The third kappa shape index (κ3) is 3.15. The Labute approximate surface area is 115 Å². The van der Waals surface area contributed by atoms with Gasteiger partial charge in [0.15, 0.2) is 4.90 Å². The summed E-state index contributed by atoms with van der Waals surface area (Å²) in [5, 5.41) is 0. The van der Waals surface area contributed by atoms with Crippen molar-refractivity contribution in [2.24, 2.45) is 0 Å². The summed E-state index contributed by atoms with van der Waals surface area (Å²) in [7, 11) is -3.94. The number of hydrogen-bond donors (Lipinski definition) is 2. The molecule has 0 amide bonds. The lowest BCUT2D eigenvalue weighted by atomic mass is 10.4. The summed E-state index contributed by atoms with van der Waals surface area (Å²) in [6.45, 7) is 2.29. The predicted molar refractivity (Wildman–Crippen MR) is 73.3 cm³/mol. The highest BCUT2D eigenvalue weighted by atomic mass is 32.2. The Kier molecular flexibility index (Phi) is 4.04. The van der Waals surface area contributed by atoms with Crippen LogP contribution in [-0.2, 0) is 10.0 Å². The third-order valence-corrected chi connectivity index (χ3v) is 3.76. The van der Waals surface area contributed by atoms with E-state index in [9.17, 15) is 13.2 Å². The molecule has 0 radical (unpaired) electrons. The first-order valence-corrected chi connectivity index (χ1v) is 7.30. The first-order chi connectivity index (χ1) is 9.53. The number of nitrogens with zero attached hydrogens (tertiary/aromatic N) is 1. The molecule has 2 heterocycles. The minimum atomic E-state index is -3.94. The Morgan fingerprint density at radius 2 is 2.15 bits per heavy atom. The average Bonchev–Trinajstić information content (AvgIpc) is 2.41. The van der Waals surface area contributed by atoms with Crippen molar-refractivity contribution >= 4 is 15.7 Å². The zero-order valence-corrected chi connectivity index (χ0v) is 11.5. The summed E-state index contributed by atoms with van der Waals surface area (Å²) in [5.41, 5.74) is -0.341. The van der Waals surface area contributed by atoms with Crippen molar-refractivity contribution in [2.75, 3.05) is 11.3 Å². The SMILES string of the molecule is CCOc1ccc(NS(=O)(=O)c2c[nH]ccc2=O)cn1. The maximum atomic E-state index is 12.0. The number of pyridine rings is 2. The van der Waals surface area contributed by atoms with Gasteiger partial charge in [0.05, 0.1) is 18.5 Å². The maximum Gasteiger partial charge on any atom is 0.267 e. The molecule has 7 nitrogen and oxygen atoms in total. The molecule has 0 saturated carbocycles. The molecule has 0 aliphatic carbocycles. The van der Waals surface area contributed by atoms with Gasteiger partial charge in [0.25, 0.3) is 10.0 Å². The van der Waals surface area contributed by atoms with Crippen LogP contribution in [0.3, 0.4) is 0 Å². The minimum absolute atomic E-state index is 0.247. The number of anilines is 1. The molecule has 8 heteroatoms. The van der Waals surface area contributed by atoms with E-state index in [2.05, 4.69) is 14.7 Å². The molecule has 2 aromatic heterocycles. The molecule has 20 heavy (non-hydrogen) atoms. The zero-order valence-electron chi connectivity index (χ0n) is 10.7. The fourth-order valence-corrected chi connectivity index (χ4v) is 2.59. The van der Waals surface area contributed by atoms with Crippen molar-refractivity contribution in [3.63, 3.8) is 0 Å². The van der Waals surface area contributed by atoms with Gasteiger partial charge in [0, 0.05) is 24.5 Å². The smallest absolute Gasteiger partial charge is 0.267 e. The highest BCUT2D eigenvalue weighted by molar-refractivity contribution is 7.92. The van der Waals surface area contributed by atoms with Crippen LogP contribution in [0.25, 0.3) is 0 Å². The molecule has 2 N–H and O–H groups in total. The summed E-state index contributed by atoms with van der Waals surface area (Å²) >= 11 is 0. The second-order valence-electron chi connectivity index (χ2n) is 3.80. The van der Waals surface area contributed by atoms with Crippen molar-refractivity contribution in [1.82, 2.24) is 9.97 Å². The highest BCUT2D eigenvalue weighted by Crippen LogP contribution is 2.15. The normalized spacial score (nSPS) is 11.1. The van der Waals surface area contributed by atoms with Gasteiger partial charge in [-0.1, -0.05) is 0 Å². The van der Waals surface area contributed by atoms with E-state index in [-0.39, 0.29) is 10.6 Å². The van der Waals surface area contributed by atoms with E-state index in [4.69, 9.17) is 4.74 Å². The average molecular weight is 295 g/mol. The number of sulfonamides is 1. The molecule has 0 aromatic carbocycles. The van der Waals surface area contributed by atoms with Crippen molar-refractivity contribution in [1.29, 1.82) is 0 Å². The molecule has 106 valence electrons. The van der Waals surface area contributed by atoms with Crippen LogP contribution in [0.5, 0.6) is 5.88 Å². The molecular weight excluding hydrogens is 282 g/mol. The molecule has 0 saturated heterocycles. The van der Waals surface area contributed by atoms with Gasteiger partial charge in [-0.05, 0) is 13.0 Å². The summed E-state index contributed by atoms with van der Waals surface area (Å²) in [6, 6.07) is 4.19. The Morgan fingerprint density at radius 3 is 2.75 bits per heavy atom. The van der Waals surface area contributed by atoms with Crippen LogP contribution in [0, 0.1) is 0 Å². The van der Waals surface area contributed by atoms with Gasteiger partial charge >= 0.3 is 0 Å². The van der Waals surface area contributed by atoms with Crippen LogP contribution in [0.15, 0.2) is 46.5 Å². The molecule has 0 atom stereocenters. The van der Waals surface area contributed by atoms with Crippen LogP contribution < -0.4 is 14.9 Å². The largest absolute Gasteiger partial charge is 0.478 e. The van der Waals surface area contributed by atoms with Crippen molar-refractivity contribution in [3.05, 3.63) is 47.0 Å². The Balaban J connectivity index is 2.25. The van der Waals surface area contributed by atoms with E-state index in [0.717, 1.165) is 12.3 Å². The first kappa shape index (κ1) is 14.1. The fourth-order valence-electron chi connectivity index (χ4n) is 1.49. The third-order valence-electron chi connectivity index (χ3n) is 2.36. The zero-order chi connectivity index (χ0) is 14.6. The minimum Gasteiger partial charge on any atom is -0.478 e. The van der Waals surface area contributed by atoms with Crippen molar-refractivity contribution < 1.29 is 13.2 Å². The lowest BCUT2D eigenvalue weighted by molar-refractivity contribution is 0.327. The van der Waals surface area contributed by atoms with E-state index < -0.39 is 15.5 Å². The molecule has 0 fully saturated rings. The van der Waals surface area contributed by atoms with E-state index in [0.29, 0.717) is 12.5 Å². The number of rotatable bonds is 5. The van der Waals surface area contributed by atoms with Gasteiger partial charge < -0.3 is 9.72 Å². The van der Waals surface area contributed by atoms with Gasteiger partial charge in [0.2, 0.25) is 11.3 Å². The number of hydrogen-bond acceptors (Lipinski definition) is 5. The van der Waals surface area contributed by atoms with Gasteiger partial charge in [-0.15, -0.1) is 0 Å². The van der Waals surface area contributed by atoms with Gasteiger partial charge in [0.1, 0.15) is 0 Å². The lowest BCUT2D eigenvalue weighted by Gasteiger charge is -2.07. The lowest BCUT2D eigenvalue weighted by Crippen LogP contribution is -2.21. The number of ether oxygens (including phenoxy) is 1. The fraction of sp³-hybridized carbons (Fsp3) is 0.167. The molecule has 0 aliphatic heterocycles. The molecule has 2 rings (SSSR count). The van der Waals surface area contributed by atoms with Crippen LogP contribution in [0.2, 0.25) is 0 Å². The van der Waals surface area contributed by atoms with Crippen molar-refractivity contribution in [2.45, 2.75) is 11.8 Å². The number of aromatic amines is 1. The number of nitrogens with one attached hydrogen (secondary N) is 2. The highest BCUT2D eigenvalue weighted by Gasteiger charge is 2.17. The van der Waals surface area contributed by atoms with E-state index in [1.807, 2.05) is 6.92 Å². The standard InChI is InChI=1S/C12H13N3O4S/c1-2-19-12-4-3-9(7-14-12)15-20(17,18)11-8-13-6-5-10(11)16/h3-8,15H,2H2,1H3,(H,13,16). The summed E-state index contributed by atoms with van der Waals surface area (Å²) in [6.07, 6.45) is 3.81. The van der Waals surface area contributed by atoms with Gasteiger partial charge in [-0.2, -0.15) is 0 Å². The molecule has 0 bridgehead atoms. The van der Waals surface area contributed by atoms with Crippen LogP contribution in [0.1, 0.15) is 6.92 Å². The second kappa shape index (κ2) is 5.74. The van der Waals surface area contributed by atoms with E-state index >= 15 is 0 Å². The Hall–Kier alpha value is -2.35. The van der Waals surface area contributed by atoms with Gasteiger partial charge in [-0.3, -0.25) is 9.52 Å². The second-order valence-corrected chi connectivity index (χ2v) is 5.45. The Bertz CT molecular complexity index is 738. The van der Waals surface area contributed by atoms with E-state index in [1.165, 1.54) is 24.5 Å². The maximum absolute atomic E-state index is 12.0. The van der Waals surface area contributed by atoms with E-state index in [1.54, 1.807) is 0 Å². The van der Waals surface area contributed by atoms with Crippen molar-refractivity contribution in [3.8, 4) is 5.88 Å². The summed E-state index contributed by atoms with van der Waals surface area (Å²) in [4.78, 5) is 17.7. The van der Waals surface area contributed by atoms with Crippen LogP contribution in [0.4, 0.5) is 5.69 Å². The van der Waals surface area contributed by atoms with Gasteiger partial charge in [-0.25, -0.2) is 13.4 Å². The number of H-pyrrole nitrogens is 1. The first-order valence-electron chi connectivity index (χ1n) is 5.81. The van der Waals surface area contributed by atoms with Crippen LogP contribution in [-0.4, -0.2) is 25.0 Å². The topological polar surface area (TPSA) is 101 Å². The summed E-state index contributed by atoms with van der Waals surface area (Å²) < 4.78 is 31.5. The quantitative estimate of drug-likeness (QED) is 0.856. The Morgan fingerprint density at radius 1 is 1.35 bits per heavy atom.